The Morgan fingerprint density at radius 3 is 1.58 bits per heavy atom. The third kappa shape index (κ3) is 14.0. The van der Waals surface area contributed by atoms with Crippen LogP contribution in [0.25, 0.3) is 38.4 Å². The maximum atomic E-state index is 9.05. The van der Waals surface area contributed by atoms with E-state index in [1.165, 1.54) is 54.7 Å². The first-order chi connectivity index (χ1) is 25.0. The number of rotatable bonds is 5. The molecule has 0 aliphatic heterocycles. The zero-order valence-corrected chi connectivity index (χ0v) is 37.6. The molecule has 0 radical (unpaired) electrons. The average molecular weight is 926 g/mol. The second-order valence-electron chi connectivity index (χ2n) is 13.5. The fourth-order valence-corrected chi connectivity index (χ4v) is 7.19. The van der Waals surface area contributed by atoms with Crippen LogP contribution in [0.3, 0.4) is 0 Å². The third-order valence-electron chi connectivity index (χ3n) is 9.32. The van der Waals surface area contributed by atoms with Crippen molar-refractivity contribution >= 4 is 45.8 Å². The molecule has 0 heterocycles. The number of nitrogens with one attached hydrogen (secondary N) is 1. The van der Waals surface area contributed by atoms with E-state index in [1.807, 2.05) is 71.9 Å². The normalized spacial score (nSPS) is 11.7. The van der Waals surface area contributed by atoms with Crippen LogP contribution < -0.4 is 5.30 Å². The number of fused-ring (bicyclic) bond motifs is 2. The fourth-order valence-electron chi connectivity index (χ4n) is 6.79. The van der Waals surface area contributed by atoms with Crippen LogP contribution in [-0.2, 0) is 22.9 Å². The molecule has 7 heteroatoms. The van der Waals surface area contributed by atoms with Gasteiger partial charge in [-0.05, 0) is 42.2 Å². The van der Waals surface area contributed by atoms with Crippen molar-refractivity contribution in [1.29, 1.82) is 0 Å². The van der Waals surface area contributed by atoms with Crippen LogP contribution >= 0.6 is 18.9 Å². The summed E-state index contributed by atoms with van der Waals surface area (Å²) in [6.07, 6.45) is 0. The first-order valence-electron chi connectivity index (χ1n) is 17.4. The molecule has 0 bridgehead atoms. The molecular weight excluding hydrogens is 878 g/mol. The molecule has 1 nitrogen and oxygen atoms in total. The van der Waals surface area contributed by atoms with Crippen LogP contribution in [0.4, 0.5) is 0 Å². The van der Waals surface area contributed by atoms with Crippen LogP contribution in [0.15, 0.2) is 146 Å². The van der Waals surface area contributed by atoms with Crippen LogP contribution in [0.5, 0.6) is 0 Å². The van der Waals surface area contributed by atoms with Gasteiger partial charge in [-0.25, -0.2) is 0 Å². The van der Waals surface area contributed by atoms with Gasteiger partial charge in [-0.3, -0.25) is 0 Å². The monoisotopic (exact) mass is 926 g/mol. The first kappa shape index (κ1) is 53.0. The molecule has 0 amide bonds. The topological polar surface area (TPSA) is 23.8 Å². The molecule has 3 atom stereocenters. The summed E-state index contributed by atoms with van der Waals surface area (Å²) in [6.45, 7) is 19.2. The van der Waals surface area contributed by atoms with Gasteiger partial charge in [0.1, 0.15) is 0 Å². The molecule has 0 aliphatic carbocycles. The summed E-state index contributed by atoms with van der Waals surface area (Å²) in [5.41, 5.74) is 17.7. The van der Waals surface area contributed by atoms with Crippen LogP contribution in [-0.4, -0.2) is 0 Å². The molecule has 1 N–H and O–H groups in total. The zero-order chi connectivity index (χ0) is 37.8. The summed E-state index contributed by atoms with van der Waals surface area (Å²) in [7, 11) is 7.45. The molecule has 0 fully saturated rings. The number of hydrogen-bond donors (Lipinski definition) is 0. The van der Waals surface area contributed by atoms with Crippen molar-refractivity contribution in [3.05, 3.63) is 205 Å². The van der Waals surface area contributed by atoms with E-state index in [2.05, 4.69) is 164 Å². The van der Waals surface area contributed by atoms with Gasteiger partial charge in [0.2, 0.25) is 0 Å². The predicted molar refractivity (Wildman–Crippen MR) is 228 cm³/mol. The Balaban J connectivity index is 0.000000420. The van der Waals surface area contributed by atoms with Crippen LogP contribution in [0.1, 0.15) is 47.2 Å². The standard InChI is InChI=1S/C21H16P.C18H20N.C9H12.3Ar.ClH.Ru/c1-14-10-11-15-6-2-4-8-17(15)20(14)21-18-9-5-3-7-16(18)12-13-19(21)22;1-14(2)15(3)18(19,16-10-6-4-7-11-16)17-12-8-5-9-13-17;1-7-4-8(2)6-9(3)5-7;;;;;/h2-13H,1,22H2;4-12,14-15,19H,3H2,1-2H3;4-6H,1-3H3;;;;1H;/q-1;-3;;;;;;+1/p-1. The van der Waals surface area contributed by atoms with Gasteiger partial charge < -0.3 is 12.7 Å². The number of hydrogen-bond acceptors (Lipinski definition) is 0. The molecule has 55 heavy (non-hydrogen) atoms. The van der Waals surface area contributed by atoms with E-state index in [0.717, 1.165) is 16.7 Å². The van der Waals surface area contributed by atoms with Crippen molar-refractivity contribution in [2.75, 3.05) is 0 Å². The van der Waals surface area contributed by atoms with Crippen molar-refractivity contribution in [3.8, 4) is 11.1 Å². The summed E-state index contributed by atoms with van der Waals surface area (Å²) >= 11 is 1.82. The van der Waals surface area contributed by atoms with Gasteiger partial charge in [0.25, 0.3) is 0 Å². The fraction of sp³-hybridized carbons (Fsp3) is 0.167. The molecule has 0 aromatic heterocycles. The maximum absolute atomic E-state index is 9.05. The van der Waals surface area contributed by atoms with Crippen LogP contribution in [0, 0.1) is 166 Å². The molecule has 7 rings (SSSR count). The number of halogens is 1. The predicted octanol–water partition coefficient (Wildman–Crippen LogP) is 13.5. The summed E-state index contributed by atoms with van der Waals surface area (Å²) in [5.74, 6) is 0.292. The average Bonchev–Trinajstić information content (AvgIpc) is 3.16. The minimum atomic E-state index is -0.851. The van der Waals surface area contributed by atoms with Crippen molar-refractivity contribution < 1.29 is 131 Å². The zero-order valence-electron chi connectivity index (χ0n) is 31.8. The summed E-state index contributed by atoms with van der Waals surface area (Å²) < 4.78 is 0. The molecule has 0 saturated carbocycles. The molecular formula is C48H48Ar3ClNPRu-4. The molecule has 7 aromatic rings. The Morgan fingerprint density at radius 1 is 0.636 bits per heavy atom. The van der Waals surface area contributed by atoms with Crippen LogP contribution in [0.2, 0.25) is 0 Å². The second-order valence-corrected chi connectivity index (χ2v) is 14.2. The summed E-state index contributed by atoms with van der Waals surface area (Å²) in [6, 6.07) is 53.1. The van der Waals surface area contributed by atoms with E-state index in [4.69, 9.17) is 5.73 Å². The quantitative estimate of drug-likeness (QED) is 0.0933. The van der Waals surface area contributed by atoms with E-state index < -0.39 is 5.54 Å². The van der Waals surface area contributed by atoms with Crippen molar-refractivity contribution in [2.24, 2.45) is 11.8 Å². The van der Waals surface area contributed by atoms with Gasteiger partial charge in [0, 0.05) is 113 Å². The van der Waals surface area contributed by atoms with Crippen molar-refractivity contribution in [3.63, 3.8) is 0 Å². The number of aryl methyl sites for hydroxylation is 3. The first-order valence-corrected chi connectivity index (χ1v) is 20.2. The Labute approximate surface area is 437 Å². The Morgan fingerprint density at radius 2 is 1.09 bits per heavy atom. The summed E-state index contributed by atoms with van der Waals surface area (Å²) in [4.78, 5) is 0. The Bertz CT molecular complexity index is 2020. The van der Waals surface area contributed by atoms with E-state index in [0.29, 0.717) is 5.92 Å². The SMILES string of the molecule is Cc1cc(C)cc(C)c1.[Ar].[Ar].[Ar].[CH2-]C(C(C)C)C([NH-])(c1[c-]cccc1)c1ccccc1.[CH2-]c1ccc2ccccc2c1-c1c(P)ccc2ccccc12.[Cl][Ru]. The van der Waals surface area contributed by atoms with Gasteiger partial charge in [0.05, 0.1) is 0 Å². The second kappa shape index (κ2) is 26.3. The van der Waals surface area contributed by atoms with Gasteiger partial charge in [-0.15, -0.1) is 26.4 Å². The van der Waals surface area contributed by atoms with Crippen molar-refractivity contribution in [2.45, 2.75) is 40.2 Å². The van der Waals surface area contributed by atoms with E-state index in [-0.39, 0.29) is 119 Å². The summed E-state index contributed by atoms with van der Waals surface area (Å²) in [5, 5.41) is 6.25. The van der Waals surface area contributed by atoms with E-state index in [1.54, 1.807) is 0 Å². The molecule has 0 saturated heterocycles. The van der Waals surface area contributed by atoms with Gasteiger partial charge in [-0.2, -0.15) is 60.4 Å². The third-order valence-corrected chi connectivity index (χ3v) is 9.80. The number of benzene rings is 7. The molecule has 0 spiro atoms. The molecule has 3 unspecified atom stereocenters. The minimum absolute atomic E-state index is 0. The van der Waals surface area contributed by atoms with E-state index in [9.17, 15) is 0 Å². The molecule has 0 aliphatic rings. The molecule has 293 valence electrons. The van der Waals surface area contributed by atoms with E-state index >= 15 is 0 Å². The molecule has 7 aromatic carbocycles. The van der Waals surface area contributed by atoms with Gasteiger partial charge in [0.15, 0.2) is 0 Å². The van der Waals surface area contributed by atoms with Gasteiger partial charge >= 0.3 is 27.0 Å². The van der Waals surface area contributed by atoms with Gasteiger partial charge in [-0.1, -0.05) is 162 Å². The Kier molecular flexibility index (Phi) is 25.3. The Hall–Kier alpha value is 0.0126. The van der Waals surface area contributed by atoms with Crippen molar-refractivity contribution in [1.82, 2.24) is 0 Å².